The highest BCUT2D eigenvalue weighted by molar-refractivity contribution is 7.99. The standard InChI is InChI=1S/C19H11ClN2OS/c20-14-9-10-16-19(24-17-4-2-1-3-15(17)23-16)18(14)22-13-7-5-12(11-21)6-8-13/h1-10,22H. The quantitative estimate of drug-likeness (QED) is 0.466. The zero-order chi connectivity index (χ0) is 16.5. The van der Waals surface area contributed by atoms with Gasteiger partial charge in [-0.05, 0) is 48.5 Å². The predicted molar refractivity (Wildman–Crippen MR) is 96.5 cm³/mol. The fraction of sp³-hybridized carbons (Fsp3) is 0. The number of ether oxygens (including phenoxy) is 1. The summed E-state index contributed by atoms with van der Waals surface area (Å²) in [5, 5.41) is 12.9. The van der Waals surface area contributed by atoms with Gasteiger partial charge >= 0.3 is 0 Å². The number of rotatable bonds is 2. The molecule has 0 amide bonds. The first-order chi connectivity index (χ1) is 11.7. The highest BCUT2D eigenvalue weighted by atomic mass is 35.5. The van der Waals surface area contributed by atoms with Gasteiger partial charge in [0.25, 0.3) is 0 Å². The normalized spacial score (nSPS) is 11.7. The molecular formula is C19H11ClN2OS. The summed E-state index contributed by atoms with van der Waals surface area (Å²) in [5.41, 5.74) is 2.29. The van der Waals surface area contributed by atoms with Gasteiger partial charge in [-0.15, -0.1) is 0 Å². The van der Waals surface area contributed by atoms with E-state index in [4.69, 9.17) is 21.6 Å². The van der Waals surface area contributed by atoms with Gasteiger partial charge in [0.1, 0.15) is 11.5 Å². The lowest BCUT2D eigenvalue weighted by atomic mass is 10.2. The Morgan fingerprint density at radius 2 is 1.75 bits per heavy atom. The second-order valence-corrected chi connectivity index (χ2v) is 6.67. The van der Waals surface area contributed by atoms with Crippen LogP contribution < -0.4 is 10.1 Å². The van der Waals surface area contributed by atoms with Gasteiger partial charge in [0.15, 0.2) is 0 Å². The lowest BCUT2D eigenvalue weighted by Crippen LogP contribution is -2.00. The van der Waals surface area contributed by atoms with Crippen LogP contribution >= 0.6 is 23.4 Å². The number of nitrogens with zero attached hydrogens (tertiary/aromatic N) is 1. The van der Waals surface area contributed by atoms with Crippen LogP contribution in [0.1, 0.15) is 5.56 Å². The molecule has 0 aromatic heterocycles. The molecule has 1 N–H and O–H groups in total. The van der Waals surface area contributed by atoms with Crippen molar-refractivity contribution in [3.8, 4) is 17.6 Å². The Balaban J connectivity index is 1.73. The van der Waals surface area contributed by atoms with Gasteiger partial charge in [-0.25, -0.2) is 0 Å². The van der Waals surface area contributed by atoms with Crippen molar-refractivity contribution in [3.63, 3.8) is 0 Å². The van der Waals surface area contributed by atoms with E-state index in [-0.39, 0.29) is 0 Å². The van der Waals surface area contributed by atoms with Gasteiger partial charge in [0.05, 0.1) is 32.1 Å². The first-order valence-electron chi connectivity index (χ1n) is 7.29. The molecule has 4 rings (SSSR count). The maximum absolute atomic E-state index is 8.90. The van der Waals surface area contributed by atoms with Gasteiger partial charge in [0.2, 0.25) is 0 Å². The first-order valence-corrected chi connectivity index (χ1v) is 8.48. The monoisotopic (exact) mass is 350 g/mol. The van der Waals surface area contributed by atoms with E-state index >= 15 is 0 Å². The largest absolute Gasteiger partial charge is 0.455 e. The van der Waals surface area contributed by atoms with E-state index in [1.54, 1.807) is 23.9 Å². The second kappa shape index (κ2) is 6.12. The Hall–Kier alpha value is -2.61. The van der Waals surface area contributed by atoms with Crippen LogP contribution in [0.15, 0.2) is 70.5 Å². The van der Waals surface area contributed by atoms with Crippen molar-refractivity contribution in [3.05, 3.63) is 71.2 Å². The van der Waals surface area contributed by atoms with Crippen LogP contribution in [0, 0.1) is 11.3 Å². The molecule has 3 aromatic rings. The van der Waals surface area contributed by atoms with Crippen LogP contribution in [-0.2, 0) is 0 Å². The molecule has 3 aromatic carbocycles. The highest BCUT2D eigenvalue weighted by Crippen LogP contribution is 2.52. The Morgan fingerprint density at radius 1 is 0.958 bits per heavy atom. The first kappa shape index (κ1) is 14.9. The zero-order valence-corrected chi connectivity index (χ0v) is 14.0. The summed E-state index contributed by atoms with van der Waals surface area (Å²) in [6.45, 7) is 0. The number of halogens is 1. The summed E-state index contributed by atoms with van der Waals surface area (Å²) in [5.74, 6) is 1.63. The fourth-order valence-electron chi connectivity index (χ4n) is 2.46. The Morgan fingerprint density at radius 3 is 2.54 bits per heavy atom. The molecule has 0 fully saturated rings. The molecule has 0 radical (unpaired) electrons. The van der Waals surface area contributed by atoms with Crippen molar-refractivity contribution >= 4 is 34.7 Å². The van der Waals surface area contributed by atoms with Crippen molar-refractivity contribution in [1.29, 1.82) is 5.26 Å². The number of nitrogens with one attached hydrogen (secondary N) is 1. The minimum absolute atomic E-state index is 0.619. The molecule has 116 valence electrons. The van der Waals surface area contributed by atoms with Crippen molar-refractivity contribution in [2.75, 3.05) is 5.32 Å². The van der Waals surface area contributed by atoms with Gasteiger partial charge in [0, 0.05) is 5.69 Å². The highest BCUT2D eigenvalue weighted by Gasteiger charge is 2.22. The Labute approximate surface area is 148 Å². The third-order valence-corrected chi connectivity index (χ3v) is 5.12. The number of nitriles is 1. The molecule has 1 aliphatic rings. The molecule has 3 nitrogen and oxygen atoms in total. The van der Waals surface area contributed by atoms with Gasteiger partial charge in [-0.2, -0.15) is 5.26 Å². The van der Waals surface area contributed by atoms with Crippen molar-refractivity contribution in [1.82, 2.24) is 0 Å². The average Bonchev–Trinajstić information content (AvgIpc) is 2.63. The number of hydrogen-bond donors (Lipinski definition) is 1. The van der Waals surface area contributed by atoms with Crippen molar-refractivity contribution in [2.24, 2.45) is 0 Å². The SMILES string of the molecule is N#Cc1ccc(Nc2c(Cl)ccc3c2Sc2ccccc2O3)cc1. The van der Waals surface area contributed by atoms with Crippen molar-refractivity contribution < 1.29 is 4.74 Å². The predicted octanol–water partition coefficient (Wildman–Crippen LogP) is 6.21. The lowest BCUT2D eigenvalue weighted by molar-refractivity contribution is 0.455. The molecular weight excluding hydrogens is 340 g/mol. The van der Waals surface area contributed by atoms with E-state index in [1.165, 1.54) is 0 Å². The van der Waals surface area contributed by atoms with Crippen molar-refractivity contribution in [2.45, 2.75) is 9.79 Å². The summed E-state index contributed by atoms with van der Waals surface area (Å²) >= 11 is 8.04. The van der Waals surface area contributed by atoms with E-state index in [1.807, 2.05) is 48.5 Å². The van der Waals surface area contributed by atoms with Crippen LogP contribution in [-0.4, -0.2) is 0 Å². The number of hydrogen-bond acceptors (Lipinski definition) is 4. The summed E-state index contributed by atoms with van der Waals surface area (Å²) < 4.78 is 5.98. The van der Waals surface area contributed by atoms with Crippen LogP contribution in [0.4, 0.5) is 11.4 Å². The summed E-state index contributed by atoms with van der Waals surface area (Å²) in [4.78, 5) is 2.00. The maximum Gasteiger partial charge on any atom is 0.143 e. The summed E-state index contributed by atoms with van der Waals surface area (Å²) in [6.07, 6.45) is 0. The Bertz CT molecular complexity index is 964. The van der Waals surface area contributed by atoms with E-state index < -0.39 is 0 Å². The molecule has 0 unspecified atom stereocenters. The molecule has 0 spiro atoms. The maximum atomic E-state index is 8.90. The summed E-state index contributed by atoms with van der Waals surface area (Å²) in [7, 11) is 0. The number of benzene rings is 3. The second-order valence-electron chi connectivity index (χ2n) is 5.21. The van der Waals surface area contributed by atoms with Crippen LogP contribution in [0.5, 0.6) is 11.5 Å². The van der Waals surface area contributed by atoms with Gasteiger partial charge in [-0.3, -0.25) is 0 Å². The summed E-state index contributed by atoms with van der Waals surface area (Å²) in [6, 6.07) is 21.0. The van der Waals surface area contributed by atoms with E-state index in [2.05, 4.69) is 11.4 Å². The molecule has 0 saturated heterocycles. The zero-order valence-electron chi connectivity index (χ0n) is 12.4. The topological polar surface area (TPSA) is 45.0 Å². The van der Waals surface area contributed by atoms with E-state index in [9.17, 15) is 0 Å². The third kappa shape index (κ3) is 2.69. The fourth-order valence-corrected chi connectivity index (χ4v) is 3.77. The third-order valence-electron chi connectivity index (χ3n) is 3.64. The smallest absolute Gasteiger partial charge is 0.143 e. The molecule has 0 saturated carbocycles. The van der Waals surface area contributed by atoms with E-state index in [0.29, 0.717) is 10.6 Å². The minimum atomic E-state index is 0.619. The number of para-hydroxylation sites is 1. The van der Waals surface area contributed by atoms with E-state index in [0.717, 1.165) is 32.7 Å². The molecule has 5 heteroatoms. The molecule has 0 atom stereocenters. The molecule has 1 aliphatic heterocycles. The van der Waals surface area contributed by atoms with Crippen LogP contribution in [0.2, 0.25) is 5.02 Å². The molecule has 1 heterocycles. The van der Waals surface area contributed by atoms with Crippen LogP contribution in [0.25, 0.3) is 0 Å². The van der Waals surface area contributed by atoms with Crippen LogP contribution in [0.3, 0.4) is 0 Å². The molecule has 24 heavy (non-hydrogen) atoms. The minimum Gasteiger partial charge on any atom is -0.455 e. The lowest BCUT2D eigenvalue weighted by Gasteiger charge is -2.23. The molecule has 0 aliphatic carbocycles. The number of anilines is 2. The number of fused-ring (bicyclic) bond motifs is 2. The van der Waals surface area contributed by atoms with Gasteiger partial charge < -0.3 is 10.1 Å². The average molecular weight is 351 g/mol. The van der Waals surface area contributed by atoms with Gasteiger partial charge in [-0.1, -0.05) is 35.5 Å². The molecule has 0 bridgehead atoms. The Kier molecular flexibility index (Phi) is 3.81.